The summed E-state index contributed by atoms with van der Waals surface area (Å²) in [6.45, 7) is 3.58. The topological polar surface area (TPSA) is 66.5 Å². The summed E-state index contributed by atoms with van der Waals surface area (Å²) < 4.78 is 25.6. The quantitative estimate of drug-likeness (QED) is 0.729. The van der Waals surface area contributed by atoms with Gasteiger partial charge in [0.25, 0.3) is 0 Å². The Bertz CT molecular complexity index is 1110. The lowest BCUT2D eigenvalue weighted by molar-refractivity contribution is -0.114. The monoisotopic (exact) mass is 382 g/mol. The number of rotatable bonds is 5. The van der Waals surface area contributed by atoms with Gasteiger partial charge in [-0.2, -0.15) is 0 Å². The number of hydrogen-bond donors (Lipinski definition) is 1. The van der Waals surface area contributed by atoms with Crippen LogP contribution in [0.4, 0.5) is 11.4 Å². The van der Waals surface area contributed by atoms with E-state index >= 15 is 0 Å². The number of hydrogen-bond acceptors (Lipinski definition) is 3. The molecule has 6 heteroatoms. The van der Waals surface area contributed by atoms with Gasteiger partial charge in [0.1, 0.15) is 6.54 Å². The van der Waals surface area contributed by atoms with E-state index in [0.717, 1.165) is 32.5 Å². The van der Waals surface area contributed by atoms with Crippen LogP contribution in [0.1, 0.15) is 11.1 Å². The third-order valence-corrected chi connectivity index (χ3v) is 5.64. The molecule has 0 aliphatic heterocycles. The number of anilines is 2. The standard InChI is InChI=1S/C21H22N2O3S/c1-15-8-11-20(12-16(15)2)23(27(3,25)26)14-21(24)22-19-10-9-17-6-4-5-7-18(17)13-19/h4-13H,14H2,1-3H3,(H,22,24). The molecule has 0 unspecified atom stereocenters. The Labute approximate surface area is 159 Å². The van der Waals surface area contributed by atoms with Crippen LogP contribution in [0.5, 0.6) is 0 Å². The maximum atomic E-state index is 12.5. The van der Waals surface area contributed by atoms with Crippen molar-refractivity contribution in [2.45, 2.75) is 13.8 Å². The van der Waals surface area contributed by atoms with E-state index in [4.69, 9.17) is 0 Å². The summed E-state index contributed by atoms with van der Waals surface area (Å²) in [5.74, 6) is -0.395. The average molecular weight is 382 g/mol. The molecule has 27 heavy (non-hydrogen) atoms. The summed E-state index contributed by atoms with van der Waals surface area (Å²) in [5.41, 5.74) is 3.14. The summed E-state index contributed by atoms with van der Waals surface area (Å²) in [7, 11) is -3.60. The number of fused-ring (bicyclic) bond motifs is 1. The largest absolute Gasteiger partial charge is 0.324 e. The summed E-state index contributed by atoms with van der Waals surface area (Å²) >= 11 is 0. The zero-order chi connectivity index (χ0) is 19.6. The van der Waals surface area contributed by atoms with Crippen molar-refractivity contribution in [3.05, 3.63) is 71.8 Å². The average Bonchev–Trinajstić information content (AvgIpc) is 2.61. The van der Waals surface area contributed by atoms with Gasteiger partial charge in [0.15, 0.2) is 0 Å². The van der Waals surface area contributed by atoms with Crippen LogP contribution in [0.25, 0.3) is 10.8 Å². The highest BCUT2D eigenvalue weighted by atomic mass is 32.2. The van der Waals surface area contributed by atoms with E-state index in [2.05, 4.69) is 5.32 Å². The third-order valence-electron chi connectivity index (χ3n) is 4.50. The maximum absolute atomic E-state index is 12.5. The predicted octanol–water partition coefficient (Wildman–Crippen LogP) is 3.86. The lowest BCUT2D eigenvalue weighted by atomic mass is 10.1. The zero-order valence-electron chi connectivity index (χ0n) is 15.6. The number of benzene rings is 3. The molecule has 0 saturated heterocycles. The van der Waals surface area contributed by atoms with Gasteiger partial charge in [-0.05, 0) is 60.0 Å². The van der Waals surface area contributed by atoms with Gasteiger partial charge in [-0.25, -0.2) is 8.42 Å². The SMILES string of the molecule is Cc1ccc(N(CC(=O)Nc2ccc3ccccc3c2)S(C)(=O)=O)cc1C. The van der Waals surface area contributed by atoms with Crippen LogP contribution in [0, 0.1) is 13.8 Å². The van der Waals surface area contributed by atoms with E-state index in [0.29, 0.717) is 11.4 Å². The van der Waals surface area contributed by atoms with Gasteiger partial charge < -0.3 is 5.32 Å². The smallest absolute Gasteiger partial charge is 0.245 e. The number of nitrogens with zero attached hydrogens (tertiary/aromatic N) is 1. The summed E-state index contributed by atoms with van der Waals surface area (Å²) in [6.07, 6.45) is 1.10. The number of nitrogens with one attached hydrogen (secondary N) is 1. The van der Waals surface area contributed by atoms with Crippen molar-refractivity contribution in [1.29, 1.82) is 0 Å². The molecule has 5 nitrogen and oxygen atoms in total. The first kappa shape index (κ1) is 18.9. The maximum Gasteiger partial charge on any atom is 0.245 e. The molecule has 0 fully saturated rings. The number of carbonyl (C=O) groups excluding carboxylic acids is 1. The van der Waals surface area contributed by atoms with Crippen LogP contribution in [0.15, 0.2) is 60.7 Å². The Morgan fingerprint density at radius 1 is 0.926 bits per heavy atom. The molecule has 3 rings (SSSR count). The van der Waals surface area contributed by atoms with Crippen molar-refractivity contribution < 1.29 is 13.2 Å². The van der Waals surface area contributed by atoms with Gasteiger partial charge in [0, 0.05) is 5.69 Å². The fourth-order valence-electron chi connectivity index (χ4n) is 2.88. The minimum Gasteiger partial charge on any atom is -0.324 e. The minimum atomic E-state index is -3.60. The van der Waals surface area contributed by atoms with E-state index in [-0.39, 0.29) is 6.54 Å². The lowest BCUT2D eigenvalue weighted by Gasteiger charge is -2.22. The third kappa shape index (κ3) is 4.46. The fourth-order valence-corrected chi connectivity index (χ4v) is 3.73. The van der Waals surface area contributed by atoms with Crippen LogP contribution in [0.2, 0.25) is 0 Å². The second-order valence-electron chi connectivity index (χ2n) is 6.65. The van der Waals surface area contributed by atoms with Gasteiger partial charge in [-0.3, -0.25) is 9.10 Å². The first-order chi connectivity index (χ1) is 12.7. The lowest BCUT2D eigenvalue weighted by Crippen LogP contribution is -2.37. The van der Waals surface area contributed by atoms with Crippen LogP contribution in [-0.2, 0) is 14.8 Å². The Morgan fingerprint density at radius 2 is 1.63 bits per heavy atom. The van der Waals surface area contributed by atoms with Crippen LogP contribution >= 0.6 is 0 Å². The number of carbonyl (C=O) groups is 1. The number of sulfonamides is 1. The first-order valence-corrected chi connectivity index (χ1v) is 10.4. The molecule has 0 spiro atoms. The fraction of sp³-hybridized carbons (Fsp3) is 0.190. The van der Waals surface area contributed by atoms with Gasteiger partial charge in [-0.15, -0.1) is 0 Å². The molecule has 0 aliphatic carbocycles. The van der Waals surface area contributed by atoms with Crippen molar-refractivity contribution >= 4 is 38.1 Å². The molecule has 0 bridgehead atoms. The van der Waals surface area contributed by atoms with E-state index in [1.807, 2.05) is 56.3 Å². The molecule has 0 aliphatic rings. The van der Waals surface area contributed by atoms with Gasteiger partial charge in [0.05, 0.1) is 11.9 Å². The van der Waals surface area contributed by atoms with Crippen molar-refractivity contribution in [2.75, 3.05) is 22.4 Å². The van der Waals surface area contributed by atoms with Crippen molar-refractivity contribution in [2.24, 2.45) is 0 Å². The van der Waals surface area contributed by atoms with Crippen molar-refractivity contribution in [3.63, 3.8) is 0 Å². The Kier molecular flexibility index (Phi) is 5.19. The number of aryl methyl sites for hydroxylation is 2. The summed E-state index contributed by atoms with van der Waals surface area (Å²) in [5, 5.41) is 4.86. The molecule has 3 aromatic carbocycles. The molecular weight excluding hydrogens is 360 g/mol. The molecule has 0 saturated carbocycles. The van der Waals surface area contributed by atoms with E-state index < -0.39 is 15.9 Å². The van der Waals surface area contributed by atoms with Gasteiger partial charge >= 0.3 is 0 Å². The van der Waals surface area contributed by atoms with E-state index in [1.54, 1.807) is 18.2 Å². The highest BCUT2D eigenvalue weighted by Gasteiger charge is 2.21. The van der Waals surface area contributed by atoms with Crippen LogP contribution < -0.4 is 9.62 Å². The molecule has 0 atom stereocenters. The Hall–Kier alpha value is -2.86. The molecule has 1 amide bonds. The predicted molar refractivity (Wildman–Crippen MR) is 111 cm³/mol. The first-order valence-electron chi connectivity index (χ1n) is 8.58. The molecule has 0 heterocycles. The highest BCUT2D eigenvalue weighted by molar-refractivity contribution is 7.92. The van der Waals surface area contributed by atoms with E-state index in [9.17, 15) is 13.2 Å². The zero-order valence-corrected chi connectivity index (χ0v) is 16.4. The van der Waals surface area contributed by atoms with E-state index in [1.165, 1.54) is 0 Å². The number of amides is 1. The summed E-state index contributed by atoms with van der Waals surface area (Å²) in [4.78, 5) is 12.5. The Morgan fingerprint density at radius 3 is 2.30 bits per heavy atom. The Balaban J connectivity index is 1.82. The molecule has 140 valence electrons. The minimum absolute atomic E-state index is 0.284. The molecule has 0 radical (unpaired) electrons. The molecular formula is C21H22N2O3S. The normalized spacial score (nSPS) is 11.4. The van der Waals surface area contributed by atoms with Crippen molar-refractivity contribution in [1.82, 2.24) is 0 Å². The molecule has 1 N–H and O–H groups in total. The van der Waals surface area contributed by atoms with Gasteiger partial charge in [0.2, 0.25) is 15.9 Å². The van der Waals surface area contributed by atoms with Crippen LogP contribution in [0.3, 0.4) is 0 Å². The van der Waals surface area contributed by atoms with Crippen molar-refractivity contribution in [3.8, 4) is 0 Å². The highest BCUT2D eigenvalue weighted by Crippen LogP contribution is 2.22. The van der Waals surface area contributed by atoms with Gasteiger partial charge in [-0.1, -0.05) is 36.4 Å². The molecule has 0 aromatic heterocycles. The summed E-state index contributed by atoms with van der Waals surface area (Å²) in [6, 6.07) is 18.8. The second kappa shape index (κ2) is 7.40. The molecule has 3 aromatic rings. The van der Waals surface area contributed by atoms with Crippen LogP contribution in [-0.4, -0.2) is 27.1 Å². The second-order valence-corrected chi connectivity index (χ2v) is 8.56.